The smallest absolute Gasteiger partial charge is 0.257 e. The van der Waals surface area contributed by atoms with Gasteiger partial charge in [-0.25, -0.2) is 8.78 Å². The number of nitrogens with zero attached hydrogens (tertiary/aromatic N) is 2. The first-order chi connectivity index (χ1) is 9.11. The molecule has 3 atom stereocenters. The predicted molar refractivity (Wildman–Crippen MR) is 65.7 cm³/mol. The molecule has 2 bridgehead atoms. The van der Waals surface area contributed by atoms with E-state index in [1.165, 1.54) is 6.20 Å². The van der Waals surface area contributed by atoms with Crippen LogP contribution in [0.5, 0.6) is 0 Å². The summed E-state index contributed by atoms with van der Waals surface area (Å²) in [5, 5.41) is 6.62. The van der Waals surface area contributed by atoms with E-state index in [1.54, 1.807) is 6.07 Å². The van der Waals surface area contributed by atoms with Crippen LogP contribution < -0.4 is 5.32 Å². The van der Waals surface area contributed by atoms with E-state index in [2.05, 4.69) is 22.6 Å². The summed E-state index contributed by atoms with van der Waals surface area (Å²) in [5.74, 6) is 1.14. The molecule has 4 nitrogen and oxygen atoms in total. The maximum Gasteiger partial charge on any atom is 0.257 e. The number of hydrogen-bond acceptors (Lipinski definition) is 2. The van der Waals surface area contributed by atoms with Crippen LogP contribution in [0, 0.1) is 17.8 Å². The summed E-state index contributed by atoms with van der Waals surface area (Å²) in [4.78, 5) is 12.1. The third-order valence-electron chi connectivity index (χ3n) is 3.83. The van der Waals surface area contributed by atoms with Crippen LogP contribution >= 0.6 is 0 Å². The summed E-state index contributed by atoms with van der Waals surface area (Å²) in [6, 6.07) is 1.54. The third kappa shape index (κ3) is 2.52. The van der Waals surface area contributed by atoms with Crippen molar-refractivity contribution in [2.24, 2.45) is 17.8 Å². The van der Waals surface area contributed by atoms with Gasteiger partial charge in [-0.3, -0.25) is 9.48 Å². The molecule has 2 aliphatic rings. The van der Waals surface area contributed by atoms with Gasteiger partial charge in [0.05, 0.1) is 0 Å². The zero-order valence-electron chi connectivity index (χ0n) is 10.3. The van der Waals surface area contributed by atoms with Crippen LogP contribution in [0.3, 0.4) is 0 Å². The summed E-state index contributed by atoms with van der Waals surface area (Å²) in [6.07, 6.45) is 5.21. The summed E-state index contributed by atoms with van der Waals surface area (Å²) in [7, 11) is 0. The Labute approximate surface area is 109 Å². The number of halogens is 2. The fraction of sp³-hybridized carbons (Fsp3) is 0.538. The van der Waals surface area contributed by atoms with Crippen LogP contribution in [0.15, 0.2) is 24.4 Å². The second-order valence-electron chi connectivity index (χ2n) is 5.19. The Hall–Kier alpha value is -1.72. The van der Waals surface area contributed by atoms with Crippen LogP contribution in [-0.2, 0) is 11.3 Å². The molecular weight excluding hydrogens is 252 g/mol. The maximum absolute atomic E-state index is 12.2. The first-order valence-corrected chi connectivity index (χ1v) is 6.42. The number of carbonyl (C=O) groups is 1. The van der Waals surface area contributed by atoms with E-state index < -0.39 is 13.0 Å². The number of alkyl halides is 2. The van der Waals surface area contributed by atoms with Crippen LogP contribution in [0.4, 0.5) is 14.6 Å². The highest BCUT2D eigenvalue weighted by Crippen LogP contribution is 2.43. The molecule has 1 aromatic rings. The van der Waals surface area contributed by atoms with E-state index in [9.17, 15) is 13.6 Å². The van der Waals surface area contributed by atoms with Crippen molar-refractivity contribution in [2.75, 3.05) is 5.32 Å². The predicted octanol–water partition coefficient (Wildman–Crippen LogP) is 2.30. The normalized spacial score (nSPS) is 28.3. The zero-order chi connectivity index (χ0) is 13.4. The van der Waals surface area contributed by atoms with E-state index in [0.29, 0.717) is 17.7 Å². The van der Waals surface area contributed by atoms with Gasteiger partial charge in [-0.1, -0.05) is 12.2 Å². The molecule has 0 unspecified atom stereocenters. The Kier molecular flexibility index (Phi) is 3.08. The lowest BCUT2D eigenvalue weighted by molar-refractivity contribution is -0.120. The van der Waals surface area contributed by atoms with Crippen LogP contribution in [0.1, 0.15) is 12.8 Å². The van der Waals surface area contributed by atoms with Gasteiger partial charge in [0, 0.05) is 18.2 Å². The summed E-state index contributed by atoms with van der Waals surface area (Å²) in [6.45, 7) is -0.452. The largest absolute Gasteiger partial charge is 0.309 e. The van der Waals surface area contributed by atoms with E-state index in [0.717, 1.165) is 17.5 Å². The third-order valence-corrected chi connectivity index (χ3v) is 3.83. The molecule has 1 N–H and O–H groups in total. The van der Waals surface area contributed by atoms with Crippen molar-refractivity contribution in [1.29, 1.82) is 0 Å². The topological polar surface area (TPSA) is 46.9 Å². The Morgan fingerprint density at radius 1 is 1.47 bits per heavy atom. The number of amides is 1. The minimum Gasteiger partial charge on any atom is -0.309 e. The molecule has 0 aromatic carbocycles. The van der Waals surface area contributed by atoms with Gasteiger partial charge >= 0.3 is 0 Å². The Morgan fingerprint density at radius 3 is 2.95 bits per heavy atom. The first-order valence-electron chi connectivity index (χ1n) is 6.42. The maximum atomic E-state index is 12.2. The Balaban J connectivity index is 1.60. The van der Waals surface area contributed by atoms with Crippen molar-refractivity contribution in [2.45, 2.75) is 25.8 Å². The lowest BCUT2D eigenvalue weighted by Gasteiger charge is -2.16. The molecule has 3 rings (SSSR count). The van der Waals surface area contributed by atoms with Gasteiger partial charge in [0.2, 0.25) is 5.91 Å². The monoisotopic (exact) mass is 267 g/mol. The van der Waals surface area contributed by atoms with Gasteiger partial charge in [0.15, 0.2) is 5.82 Å². The van der Waals surface area contributed by atoms with Gasteiger partial charge in [0.1, 0.15) is 6.54 Å². The van der Waals surface area contributed by atoms with Crippen molar-refractivity contribution in [3.63, 3.8) is 0 Å². The zero-order valence-corrected chi connectivity index (χ0v) is 10.3. The molecule has 1 amide bonds. The fourth-order valence-electron chi connectivity index (χ4n) is 2.97. The summed E-state index contributed by atoms with van der Waals surface area (Å²) < 4.78 is 25.5. The standard InChI is InChI=1S/C13H15F2N3O/c14-11(15)7-18-4-3-12(17-18)16-13(19)10-6-8-1-2-9(10)5-8/h1-4,8-11H,5-7H2,(H,16,17,19)/t8-,9-,10+/m0/s1. The molecule has 6 heteroatoms. The molecule has 1 heterocycles. The van der Waals surface area contributed by atoms with Crippen molar-refractivity contribution < 1.29 is 13.6 Å². The summed E-state index contributed by atoms with van der Waals surface area (Å²) in [5.41, 5.74) is 0. The van der Waals surface area contributed by atoms with Crippen LogP contribution in [0.25, 0.3) is 0 Å². The van der Waals surface area contributed by atoms with Crippen molar-refractivity contribution in [3.05, 3.63) is 24.4 Å². The number of rotatable bonds is 4. The number of carbonyl (C=O) groups excluding carboxylic acids is 1. The molecule has 1 aromatic heterocycles. The number of hydrogen-bond donors (Lipinski definition) is 1. The molecule has 1 saturated carbocycles. The van der Waals surface area contributed by atoms with Gasteiger partial charge < -0.3 is 5.32 Å². The van der Waals surface area contributed by atoms with Crippen molar-refractivity contribution >= 4 is 11.7 Å². The quantitative estimate of drug-likeness (QED) is 0.851. The number of fused-ring (bicyclic) bond motifs is 2. The molecule has 0 saturated heterocycles. The van der Waals surface area contributed by atoms with E-state index in [-0.39, 0.29) is 11.8 Å². The number of aromatic nitrogens is 2. The van der Waals surface area contributed by atoms with E-state index in [4.69, 9.17) is 0 Å². The van der Waals surface area contributed by atoms with Gasteiger partial charge in [-0.05, 0) is 24.7 Å². The minimum absolute atomic E-state index is 0.00440. The van der Waals surface area contributed by atoms with Gasteiger partial charge in [0.25, 0.3) is 6.43 Å². The lowest BCUT2D eigenvalue weighted by Crippen LogP contribution is -2.26. The second-order valence-corrected chi connectivity index (χ2v) is 5.19. The number of anilines is 1. The molecule has 0 radical (unpaired) electrons. The average molecular weight is 267 g/mol. The summed E-state index contributed by atoms with van der Waals surface area (Å²) >= 11 is 0. The van der Waals surface area contributed by atoms with Crippen molar-refractivity contribution in [1.82, 2.24) is 9.78 Å². The van der Waals surface area contributed by atoms with E-state index >= 15 is 0 Å². The van der Waals surface area contributed by atoms with Crippen LogP contribution in [0.2, 0.25) is 0 Å². The fourth-order valence-corrected chi connectivity index (χ4v) is 2.97. The number of nitrogens with one attached hydrogen (secondary N) is 1. The molecule has 0 aliphatic heterocycles. The highest BCUT2D eigenvalue weighted by Gasteiger charge is 2.39. The molecule has 102 valence electrons. The lowest BCUT2D eigenvalue weighted by atomic mass is 9.93. The molecule has 19 heavy (non-hydrogen) atoms. The van der Waals surface area contributed by atoms with Gasteiger partial charge in [-0.2, -0.15) is 5.10 Å². The number of allylic oxidation sites excluding steroid dienone is 2. The minimum atomic E-state index is -2.45. The van der Waals surface area contributed by atoms with Crippen LogP contribution in [-0.4, -0.2) is 22.1 Å². The van der Waals surface area contributed by atoms with Crippen molar-refractivity contribution in [3.8, 4) is 0 Å². The van der Waals surface area contributed by atoms with Gasteiger partial charge in [-0.15, -0.1) is 0 Å². The second kappa shape index (κ2) is 4.75. The molecule has 1 fully saturated rings. The average Bonchev–Trinajstić information content (AvgIpc) is 3.04. The first kappa shape index (κ1) is 12.3. The molecule has 2 aliphatic carbocycles. The SMILES string of the molecule is O=C(Nc1ccn(CC(F)F)n1)[C@@H]1C[C@H]2C=C[C@H]1C2. The Bertz CT molecular complexity index is 512. The highest BCUT2D eigenvalue weighted by atomic mass is 19.3. The highest BCUT2D eigenvalue weighted by molar-refractivity contribution is 5.92. The Morgan fingerprint density at radius 2 is 2.32 bits per heavy atom. The molecule has 0 spiro atoms. The van der Waals surface area contributed by atoms with E-state index in [1.807, 2.05) is 0 Å². The molecular formula is C13H15F2N3O.